The van der Waals surface area contributed by atoms with Crippen molar-refractivity contribution in [1.29, 1.82) is 0 Å². The smallest absolute Gasteiger partial charge is 0.242 e. The van der Waals surface area contributed by atoms with Gasteiger partial charge in [-0.3, -0.25) is 4.79 Å². The fourth-order valence-corrected chi connectivity index (χ4v) is 0.818. The minimum absolute atomic E-state index is 0.404. The Kier molecular flexibility index (Phi) is 2.51. The first-order valence-corrected chi connectivity index (χ1v) is 4.01. The van der Waals surface area contributed by atoms with E-state index >= 15 is 0 Å². The zero-order chi connectivity index (χ0) is 9.90. The number of amides is 1. The molecule has 1 amide bonds. The van der Waals surface area contributed by atoms with Crippen LogP contribution in [0.3, 0.4) is 0 Å². The van der Waals surface area contributed by atoms with Gasteiger partial charge in [-0.05, 0) is 26.0 Å². The van der Waals surface area contributed by atoms with Gasteiger partial charge in [0, 0.05) is 6.20 Å². The fraction of sp³-hybridized carbons (Fsp3) is 0.333. The predicted octanol–water partition coefficient (Wildman–Crippen LogP) is 0.757. The number of nitrogens with one attached hydrogen (secondary N) is 1. The Morgan fingerprint density at radius 3 is 2.69 bits per heavy atom. The van der Waals surface area contributed by atoms with Crippen LogP contribution in [0, 0.1) is 0 Å². The lowest BCUT2D eigenvalue weighted by Gasteiger charge is -2.22. The minimum atomic E-state index is -0.769. The van der Waals surface area contributed by atoms with Gasteiger partial charge in [0.05, 0.1) is 0 Å². The van der Waals surface area contributed by atoms with Gasteiger partial charge in [0.25, 0.3) is 0 Å². The fourth-order valence-electron chi connectivity index (χ4n) is 0.818. The number of hydrogen-bond donors (Lipinski definition) is 2. The summed E-state index contributed by atoms with van der Waals surface area (Å²) in [5.41, 5.74) is 4.42. The zero-order valence-electron chi connectivity index (χ0n) is 7.74. The monoisotopic (exact) mass is 179 g/mol. The molecule has 0 saturated carbocycles. The first-order chi connectivity index (χ1) is 6.02. The molecule has 1 heterocycles. The molecule has 1 aromatic rings. The largest absolute Gasteiger partial charge is 0.368 e. The molecule has 0 atom stereocenters. The van der Waals surface area contributed by atoms with E-state index in [4.69, 9.17) is 5.73 Å². The van der Waals surface area contributed by atoms with E-state index in [0.29, 0.717) is 5.82 Å². The van der Waals surface area contributed by atoms with Crippen molar-refractivity contribution in [3.8, 4) is 0 Å². The summed E-state index contributed by atoms with van der Waals surface area (Å²) in [6, 6.07) is 5.43. The minimum Gasteiger partial charge on any atom is -0.368 e. The van der Waals surface area contributed by atoms with Crippen molar-refractivity contribution in [2.45, 2.75) is 19.4 Å². The number of primary amides is 1. The van der Waals surface area contributed by atoms with Gasteiger partial charge in [0.2, 0.25) is 5.91 Å². The molecule has 0 saturated heterocycles. The highest BCUT2D eigenvalue weighted by Gasteiger charge is 2.24. The molecule has 3 N–H and O–H groups in total. The Hall–Kier alpha value is -1.58. The van der Waals surface area contributed by atoms with Gasteiger partial charge >= 0.3 is 0 Å². The van der Waals surface area contributed by atoms with Crippen LogP contribution < -0.4 is 11.1 Å². The first-order valence-electron chi connectivity index (χ1n) is 4.01. The normalized spacial score (nSPS) is 10.9. The number of anilines is 1. The molecule has 0 unspecified atom stereocenters. The van der Waals surface area contributed by atoms with Crippen LogP contribution in [0.1, 0.15) is 13.8 Å². The molecule has 0 spiro atoms. The van der Waals surface area contributed by atoms with Gasteiger partial charge in [0.15, 0.2) is 0 Å². The summed E-state index contributed by atoms with van der Waals surface area (Å²) in [5, 5.41) is 2.93. The van der Waals surface area contributed by atoms with E-state index in [1.54, 1.807) is 26.1 Å². The number of hydrogen-bond acceptors (Lipinski definition) is 3. The maximum absolute atomic E-state index is 11.0. The van der Waals surface area contributed by atoms with E-state index in [2.05, 4.69) is 10.3 Å². The molecule has 0 bridgehead atoms. The van der Waals surface area contributed by atoms with Crippen LogP contribution in [-0.2, 0) is 4.79 Å². The average Bonchev–Trinajstić information content (AvgIpc) is 2.05. The quantitative estimate of drug-likeness (QED) is 0.719. The van der Waals surface area contributed by atoms with Crippen molar-refractivity contribution in [2.24, 2.45) is 5.73 Å². The number of nitrogens with two attached hydrogens (primary N) is 1. The molecule has 13 heavy (non-hydrogen) atoms. The van der Waals surface area contributed by atoms with Crippen LogP contribution in [0.5, 0.6) is 0 Å². The molecule has 0 aliphatic carbocycles. The van der Waals surface area contributed by atoms with Crippen LogP contribution in [0.25, 0.3) is 0 Å². The standard InChI is InChI=1S/C9H13N3O/c1-9(2,8(10)13)12-7-5-3-4-6-11-7/h3-6H,1-2H3,(H2,10,13)(H,11,12). The van der Waals surface area contributed by atoms with Crippen LogP contribution in [0.15, 0.2) is 24.4 Å². The van der Waals surface area contributed by atoms with Crippen molar-refractivity contribution >= 4 is 11.7 Å². The van der Waals surface area contributed by atoms with E-state index in [0.717, 1.165) is 0 Å². The zero-order valence-corrected chi connectivity index (χ0v) is 7.74. The van der Waals surface area contributed by atoms with E-state index < -0.39 is 11.4 Å². The summed E-state index contributed by atoms with van der Waals surface area (Å²) in [6.07, 6.45) is 1.65. The summed E-state index contributed by atoms with van der Waals surface area (Å²) >= 11 is 0. The second-order valence-electron chi connectivity index (χ2n) is 3.33. The predicted molar refractivity (Wildman–Crippen MR) is 51.1 cm³/mol. The molecule has 70 valence electrons. The van der Waals surface area contributed by atoms with E-state index in [1.807, 2.05) is 12.1 Å². The molecular formula is C9H13N3O. The second-order valence-corrected chi connectivity index (χ2v) is 3.33. The van der Waals surface area contributed by atoms with Gasteiger partial charge in [-0.2, -0.15) is 0 Å². The SMILES string of the molecule is CC(C)(Nc1ccccn1)C(N)=O. The third-order valence-corrected chi connectivity index (χ3v) is 1.72. The van der Waals surface area contributed by atoms with Gasteiger partial charge in [-0.25, -0.2) is 4.98 Å². The average molecular weight is 179 g/mol. The summed E-state index contributed by atoms with van der Waals surface area (Å²) in [6.45, 7) is 3.42. The molecule has 4 heteroatoms. The van der Waals surface area contributed by atoms with Crippen LogP contribution in [0.4, 0.5) is 5.82 Å². The summed E-state index contributed by atoms with van der Waals surface area (Å²) < 4.78 is 0. The highest BCUT2D eigenvalue weighted by Crippen LogP contribution is 2.10. The topological polar surface area (TPSA) is 68.0 Å². The third kappa shape index (κ3) is 2.43. The Labute approximate surface area is 77.2 Å². The Morgan fingerprint density at radius 2 is 2.23 bits per heavy atom. The number of carbonyl (C=O) groups excluding carboxylic acids is 1. The van der Waals surface area contributed by atoms with Crippen LogP contribution in [0.2, 0.25) is 0 Å². The van der Waals surface area contributed by atoms with Crippen LogP contribution >= 0.6 is 0 Å². The lowest BCUT2D eigenvalue weighted by atomic mass is 10.1. The molecule has 1 aromatic heterocycles. The Balaban J connectivity index is 2.75. The Morgan fingerprint density at radius 1 is 1.54 bits per heavy atom. The van der Waals surface area contributed by atoms with Gasteiger partial charge < -0.3 is 11.1 Å². The van der Waals surface area contributed by atoms with E-state index in [1.165, 1.54) is 0 Å². The van der Waals surface area contributed by atoms with Crippen molar-refractivity contribution in [2.75, 3.05) is 5.32 Å². The van der Waals surface area contributed by atoms with Crippen molar-refractivity contribution in [1.82, 2.24) is 4.98 Å². The van der Waals surface area contributed by atoms with Gasteiger partial charge in [-0.15, -0.1) is 0 Å². The van der Waals surface area contributed by atoms with E-state index in [9.17, 15) is 4.79 Å². The maximum atomic E-state index is 11.0. The van der Waals surface area contributed by atoms with Crippen molar-refractivity contribution < 1.29 is 4.79 Å². The van der Waals surface area contributed by atoms with Gasteiger partial charge in [-0.1, -0.05) is 6.07 Å². The summed E-state index contributed by atoms with van der Waals surface area (Å²) in [5.74, 6) is 0.240. The number of pyridine rings is 1. The molecular weight excluding hydrogens is 166 g/mol. The lowest BCUT2D eigenvalue weighted by Crippen LogP contribution is -2.45. The lowest BCUT2D eigenvalue weighted by molar-refractivity contribution is -0.121. The molecule has 1 rings (SSSR count). The molecule has 0 aliphatic heterocycles. The van der Waals surface area contributed by atoms with Crippen molar-refractivity contribution in [3.05, 3.63) is 24.4 Å². The van der Waals surface area contributed by atoms with Crippen molar-refractivity contribution in [3.63, 3.8) is 0 Å². The number of aromatic nitrogens is 1. The maximum Gasteiger partial charge on any atom is 0.242 e. The number of carbonyl (C=O) groups is 1. The summed E-state index contributed by atoms with van der Waals surface area (Å²) in [7, 11) is 0. The highest BCUT2D eigenvalue weighted by atomic mass is 16.1. The summed E-state index contributed by atoms with van der Waals surface area (Å²) in [4.78, 5) is 15.0. The van der Waals surface area contributed by atoms with E-state index in [-0.39, 0.29) is 0 Å². The van der Waals surface area contributed by atoms with Gasteiger partial charge in [0.1, 0.15) is 11.4 Å². The third-order valence-electron chi connectivity index (χ3n) is 1.72. The second kappa shape index (κ2) is 3.43. The highest BCUT2D eigenvalue weighted by molar-refractivity contribution is 5.86. The molecule has 0 radical (unpaired) electrons. The molecule has 0 aromatic carbocycles. The number of nitrogens with zero attached hydrogens (tertiary/aromatic N) is 1. The molecule has 0 aliphatic rings. The first kappa shape index (κ1) is 9.51. The van der Waals surface area contributed by atoms with Crippen LogP contribution in [-0.4, -0.2) is 16.4 Å². The molecule has 4 nitrogen and oxygen atoms in total. The molecule has 0 fully saturated rings. The number of rotatable bonds is 3. The Bertz CT molecular complexity index is 295.